The van der Waals surface area contributed by atoms with Crippen LogP contribution in [0.15, 0.2) is 79.1 Å². The Morgan fingerprint density at radius 3 is 2.46 bits per heavy atom. The first-order chi connectivity index (χ1) is 19.6. The van der Waals surface area contributed by atoms with Gasteiger partial charge < -0.3 is 16.2 Å². The maximum atomic E-state index is 12.5. The number of primary amides is 1. The fourth-order valence-electron chi connectivity index (χ4n) is 4.83. The lowest BCUT2D eigenvalue weighted by Gasteiger charge is -2.19. The fraction of sp³-hybridized carbons (Fsp3) is 0.333. The Morgan fingerprint density at radius 1 is 0.976 bits per heavy atom. The average Bonchev–Trinajstić information content (AvgIpc) is 3.40. The second kappa shape index (κ2) is 13.3. The van der Waals surface area contributed by atoms with Crippen molar-refractivity contribution in [3.05, 3.63) is 95.9 Å². The van der Waals surface area contributed by atoms with E-state index in [1.165, 1.54) is 5.56 Å². The van der Waals surface area contributed by atoms with Crippen molar-refractivity contribution in [1.82, 2.24) is 20.1 Å². The Bertz CT molecular complexity index is 1470. The van der Waals surface area contributed by atoms with E-state index < -0.39 is 11.9 Å². The Hall–Kier alpha value is -4.46. The van der Waals surface area contributed by atoms with Gasteiger partial charge in [-0.15, -0.1) is 0 Å². The number of aryl methyl sites for hydroxylation is 1. The van der Waals surface area contributed by atoms with Crippen LogP contribution in [-0.4, -0.2) is 37.7 Å². The van der Waals surface area contributed by atoms with Crippen LogP contribution in [0.5, 0.6) is 5.75 Å². The monoisotopic (exact) mass is 553 g/mol. The number of benzene rings is 2. The molecule has 2 amide bonds. The summed E-state index contributed by atoms with van der Waals surface area (Å²) in [5.74, 6) is -0.709. The van der Waals surface area contributed by atoms with Crippen LogP contribution in [0.3, 0.4) is 0 Å². The lowest BCUT2D eigenvalue weighted by molar-refractivity contribution is -0.127. The molecule has 0 saturated heterocycles. The summed E-state index contributed by atoms with van der Waals surface area (Å²) in [6, 6.07) is 20.3. The predicted octanol–water partition coefficient (Wildman–Crippen LogP) is 5.25. The molecule has 0 unspecified atom stereocenters. The van der Waals surface area contributed by atoms with E-state index in [2.05, 4.69) is 60.4 Å². The number of carbonyl (C=O) groups excluding carboxylic acids is 2. The number of unbranched alkanes of at least 4 members (excludes halogenated alkanes) is 2. The standard InChI is InChI=1S/C33H39N5O3/c1-33(2,3)25-16-14-24(15-17-25)31-29(12-8-19-35-31)38-26(18-20-36-38)10-5-4-6-13-30(40)37-28(32(34)41)22-23-9-7-11-27(39)21-23/h7-9,11-12,14-21,28,39H,4-6,10,13,22H2,1-3H3,(H2,34,41)(H,37,40)/t28-/m0/s1. The van der Waals surface area contributed by atoms with Crippen molar-refractivity contribution >= 4 is 11.8 Å². The maximum absolute atomic E-state index is 12.5. The SMILES string of the molecule is CC(C)(C)c1ccc(-c2ncccc2-n2nccc2CCCCCC(=O)N[C@@H](Cc2cccc(O)c2)C(N)=O)cc1. The highest BCUT2D eigenvalue weighted by atomic mass is 16.3. The second-order valence-corrected chi connectivity index (χ2v) is 11.4. The minimum absolute atomic E-state index is 0.0812. The fourth-order valence-corrected chi connectivity index (χ4v) is 4.83. The van der Waals surface area contributed by atoms with Crippen LogP contribution in [0.2, 0.25) is 0 Å². The molecule has 4 rings (SSSR count). The summed E-state index contributed by atoms with van der Waals surface area (Å²) >= 11 is 0. The molecule has 4 N–H and O–H groups in total. The molecule has 8 heteroatoms. The largest absolute Gasteiger partial charge is 0.508 e. The van der Waals surface area contributed by atoms with E-state index in [0.29, 0.717) is 12.8 Å². The Morgan fingerprint density at radius 2 is 1.76 bits per heavy atom. The molecule has 2 aromatic heterocycles. The molecule has 41 heavy (non-hydrogen) atoms. The number of phenols is 1. The molecule has 4 aromatic rings. The van der Waals surface area contributed by atoms with Crippen molar-refractivity contribution in [3.63, 3.8) is 0 Å². The van der Waals surface area contributed by atoms with Gasteiger partial charge in [0.15, 0.2) is 0 Å². The maximum Gasteiger partial charge on any atom is 0.240 e. The van der Waals surface area contributed by atoms with Crippen LogP contribution in [0.25, 0.3) is 16.9 Å². The molecule has 2 heterocycles. The van der Waals surface area contributed by atoms with E-state index in [1.54, 1.807) is 36.7 Å². The number of phenolic OH excluding ortho intramolecular Hbond substituents is 1. The van der Waals surface area contributed by atoms with E-state index in [4.69, 9.17) is 5.73 Å². The summed E-state index contributed by atoms with van der Waals surface area (Å²) in [7, 11) is 0. The summed E-state index contributed by atoms with van der Waals surface area (Å²) in [6.45, 7) is 6.61. The molecule has 0 spiro atoms. The predicted molar refractivity (Wildman–Crippen MR) is 161 cm³/mol. The number of hydrogen-bond acceptors (Lipinski definition) is 5. The van der Waals surface area contributed by atoms with E-state index >= 15 is 0 Å². The van der Waals surface area contributed by atoms with Gasteiger partial charge in [-0.1, -0.05) is 63.6 Å². The van der Waals surface area contributed by atoms with Gasteiger partial charge in [0.25, 0.3) is 0 Å². The topological polar surface area (TPSA) is 123 Å². The van der Waals surface area contributed by atoms with Crippen molar-refractivity contribution < 1.29 is 14.7 Å². The third-order valence-electron chi connectivity index (χ3n) is 7.13. The van der Waals surface area contributed by atoms with E-state index in [0.717, 1.165) is 47.5 Å². The van der Waals surface area contributed by atoms with Crippen LogP contribution in [0.4, 0.5) is 0 Å². The Kier molecular flexibility index (Phi) is 9.55. The normalized spacial score (nSPS) is 12.2. The summed E-state index contributed by atoms with van der Waals surface area (Å²) in [5.41, 5.74) is 11.5. The molecule has 0 bridgehead atoms. The summed E-state index contributed by atoms with van der Waals surface area (Å²) in [4.78, 5) is 29.1. The van der Waals surface area contributed by atoms with E-state index in [1.807, 2.05) is 22.9 Å². The minimum atomic E-state index is -0.822. The van der Waals surface area contributed by atoms with Crippen LogP contribution < -0.4 is 11.1 Å². The van der Waals surface area contributed by atoms with Crippen molar-refractivity contribution in [2.24, 2.45) is 5.73 Å². The van der Waals surface area contributed by atoms with Gasteiger partial charge in [0.05, 0.1) is 11.4 Å². The van der Waals surface area contributed by atoms with Crippen molar-refractivity contribution in [2.45, 2.75) is 70.8 Å². The van der Waals surface area contributed by atoms with Crippen LogP contribution in [0.1, 0.15) is 63.3 Å². The Labute approximate surface area is 241 Å². The molecule has 1 atom stereocenters. The number of hydrogen-bond donors (Lipinski definition) is 3. The molecule has 0 radical (unpaired) electrons. The lowest BCUT2D eigenvalue weighted by atomic mass is 9.86. The number of nitrogens with two attached hydrogens (primary N) is 1. The number of nitrogens with zero attached hydrogens (tertiary/aromatic N) is 3. The van der Waals surface area contributed by atoms with Gasteiger partial charge in [-0.2, -0.15) is 5.10 Å². The lowest BCUT2D eigenvalue weighted by Crippen LogP contribution is -2.45. The smallest absolute Gasteiger partial charge is 0.240 e. The average molecular weight is 554 g/mol. The highest BCUT2D eigenvalue weighted by Crippen LogP contribution is 2.29. The van der Waals surface area contributed by atoms with Crippen molar-refractivity contribution in [1.29, 1.82) is 0 Å². The number of pyridine rings is 1. The highest BCUT2D eigenvalue weighted by molar-refractivity contribution is 5.86. The third kappa shape index (κ3) is 8.03. The third-order valence-corrected chi connectivity index (χ3v) is 7.13. The molecular weight excluding hydrogens is 514 g/mol. The van der Waals surface area contributed by atoms with Crippen molar-refractivity contribution in [2.75, 3.05) is 0 Å². The quantitative estimate of drug-likeness (QED) is 0.207. The van der Waals surface area contributed by atoms with Gasteiger partial charge in [-0.05, 0) is 66.1 Å². The zero-order valence-corrected chi connectivity index (χ0v) is 24.0. The molecule has 0 saturated carbocycles. The second-order valence-electron chi connectivity index (χ2n) is 11.4. The van der Waals surface area contributed by atoms with Gasteiger partial charge in [-0.3, -0.25) is 14.6 Å². The first kappa shape index (κ1) is 29.5. The molecule has 8 nitrogen and oxygen atoms in total. The molecular formula is C33H39N5O3. The molecule has 214 valence electrons. The number of nitrogens with one attached hydrogen (secondary N) is 1. The zero-order chi connectivity index (χ0) is 29.4. The van der Waals surface area contributed by atoms with E-state index in [-0.39, 0.29) is 23.5 Å². The van der Waals surface area contributed by atoms with Gasteiger partial charge in [0.1, 0.15) is 11.8 Å². The summed E-state index contributed by atoms with van der Waals surface area (Å²) in [6.07, 6.45) is 7.38. The molecule has 0 fully saturated rings. The number of aromatic nitrogens is 3. The van der Waals surface area contributed by atoms with Crippen LogP contribution in [-0.2, 0) is 27.8 Å². The van der Waals surface area contributed by atoms with Gasteiger partial charge >= 0.3 is 0 Å². The number of aromatic hydroxyl groups is 1. The molecule has 2 aromatic carbocycles. The number of rotatable bonds is 12. The van der Waals surface area contributed by atoms with Crippen LogP contribution in [0, 0.1) is 0 Å². The van der Waals surface area contributed by atoms with E-state index in [9.17, 15) is 14.7 Å². The van der Waals surface area contributed by atoms with Gasteiger partial charge in [0.2, 0.25) is 11.8 Å². The zero-order valence-electron chi connectivity index (χ0n) is 24.0. The molecule has 0 aliphatic carbocycles. The summed E-state index contributed by atoms with van der Waals surface area (Å²) < 4.78 is 1.95. The Balaban J connectivity index is 1.31. The minimum Gasteiger partial charge on any atom is -0.508 e. The van der Waals surface area contributed by atoms with Crippen molar-refractivity contribution in [3.8, 4) is 22.7 Å². The first-order valence-electron chi connectivity index (χ1n) is 14.1. The number of carbonyl (C=O) groups is 2. The molecule has 0 aliphatic rings. The molecule has 0 aliphatic heterocycles. The van der Waals surface area contributed by atoms with Crippen LogP contribution >= 0.6 is 0 Å². The van der Waals surface area contributed by atoms with Gasteiger partial charge in [-0.25, -0.2) is 4.68 Å². The highest BCUT2D eigenvalue weighted by Gasteiger charge is 2.19. The van der Waals surface area contributed by atoms with Gasteiger partial charge in [0, 0.05) is 36.5 Å². The number of amides is 2. The first-order valence-corrected chi connectivity index (χ1v) is 14.1. The summed E-state index contributed by atoms with van der Waals surface area (Å²) in [5, 5.41) is 17.0.